The summed E-state index contributed by atoms with van der Waals surface area (Å²) >= 11 is 0. The van der Waals surface area contributed by atoms with Crippen LogP contribution >= 0.6 is 0 Å². The molecule has 144 valence electrons. The molecule has 0 spiro atoms. The highest BCUT2D eigenvalue weighted by atomic mass is 16.5. The maximum absolute atomic E-state index is 12.4. The van der Waals surface area contributed by atoms with Gasteiger partial charge in [-0.05, 0) is 25.1 Å². The van der Waals surface area contributed by atoms with Crippen molar-refractivity contribution in [3.05, 3.63) is 41.7 Å². The summed E-state index contributed by atoms with van der Waals surface area (Å²) in [4.78, 5) is 28.6. The lowest BCUT2D eigenvalue weighted by Gasteiger charge is -2.36. The summed E-state index contributed by atoms with van der Waals surface area (Å²) in [5, 5.41) is 6.83. The van der Waals surface area contributed by atoms with Crippen LogP contribution in [0.4, 0.5) is 5.69 Å². The van der Waals surface area contributed by atoms with Crippen molar-refractivity contribution in [2.45, 2.75) is 6.92 Å². The van der Waals surface area contributed by atoms with Crippen LogP contribution in [0.15, 0.2) is 30.3 Å². The molecule has 27 heavy (non-hydrogen) atoms. The second-order valence-electron chi connectivity index (χ2n) is 6.52. The first-order valence-corrected chi connectivity index (χ1v) is 8.94. The zero-order chi connectivity index (χ0) is 19.4. The lowest BCUT2D eigenvalue weighted by molar-refractivity contribution is -0.130. The van der Waals surface area contributed by atoms with Crippen molar-refractivity contribution >= 4 is 17.5 Å². The van der Waals surface area contributed by atoms with Gasteiger partial charge < -0.3 is 19.9 Å². The molecule has 1 fully saturated rings. The molecule has 0 atom stereocenters. The van der Waals surface area contributed by atoms with Crippen molar-refractivity contribution in [2.75, 3.05) is 44.7 Å². The number of carbonyl (C=O) groups excluding carboxylic acids is 2. The Morgan fingerprint density at radius 1 is 1.19 bits per heavy atom. The van der Waals surface area contributed by atoms with Crippen LogP contribution < -0.4 is 15.0 Å². The van der Waals surface area contributed by atoms with Crippen molar-refractivity contribution in [1.29, 1.82) is 0 Å². The second kappa shape index (κ2) is 8.11. The maximum atomic E-state index is 12.4. The van der Waals surface area contributed by atoms with Crippen molar-refractivity contribution in [3.8, 4) is 5.75 Å². The number of anilines is 1. The molecule has 0 radical (unpaired) electrons. The van der Waals surface area contributed by atoms with Crippen molar-refractivity contribution in [3.63, 3.8) is 0 Å². The Hall–Kier alpha value is -3.03. The van der Waals surface area contributed by atoms with Crippen LogP contribution in [0.2, 0.25) is 0 Å². The Balaban J connectivity index is 1.51. The van der Waals surface area contributed by atoms with E-state index in [4.69, 9.17) is 4.74 Å². The lowest BCUT2D eigenvalue weighted by atomic mass is 10.2. The number of carbonyl (C=O) groups is 2. The van der Waals surface area contributed by atoms with Crippen LogP contribution in [0.3, 0.4) is 0 Å². The highest BCUT2D eigenvalue weighted by Crippen LogP contribution is 2.28. The highest BCUT2D eigenvalue weighted by molar-refractivity contribution is 5.95. The number of methoxy groups -OCH3 is 1. The van der Waals surface area contributed by atoms with Crippen LogP contribution in [0, 0.1) is 6.92 Å². The van der Waals surface area contributed by atoms with Gasteiger partial charge in [0.15, 0.2) is 0 Å². The number of ether oxygens (including phenoxy) is 1. The monoisotopic (exact) mass is 371 g/mol. The number of benzene rings is 1. The molecule has 0 unspecified atom stereocenters. The molecule has 1 saturated heterocycles. The molecule has 2 amide bonds. The van der Waals surface area contributed by atoms with Gasteiger partial charge in [-0.25, -0.2) is 0 Å². The topological polar surface area (TPSA) is 79.7 Å². The molecule has 8 nitrogen and oxygen atoms in total. The smallest absolute Gasteiger partial charge is 0.269 e. The number of hydrogen-bond acceptors (Lipinski definition) is 5. The average molecular weight is 371 g/mol. The number of hydrogen-bond donors (Lipinski definition) is 1. The van der Waals surface area contributed by atoms with Gasteiger partial charge >= 0.3 is 0 Å². The lowest BCUT2D eigenvalue weighted by Crippen LogP contribution is -2.51. The Bertz CT molecular complexity index is 825. The van der Waals surface area contributed by atoms with Crippen LogP contribution in [-0.2, 0) is 11.8 Å². The molecular formula is C19H25N5O3. The number of aryl methyl sites for hydroxylation is 2. The largest absolute Gasteiger partial charge is 0.495 e. The highest BCUT2D eigenvalue weighted by Gasteiger charge is 2.23. The van der Waals surface area contributed by atoms with Gasteiger partial charge in [-0.15, -0.1) is 0 Å². The van der Waals surface area contributed by atoms with Gasteiger partial charge in [-0.1, -0.05) is 12.1 Å². The van der Waals surface area contributed by atoms with E-state index < -0.39 is 0 Å². The van der Waals surface area contributed by atoms with Gasteiger partial charge in [0, 0.05) is 33.2 Å². The molecule has 8 heteroatoms. The zero-order valence-electron chi connectivity index (χ0n) is 15.9. The molecule has 1 aliphatic heterocycles. The first kappa shape index (κ1) is 18.8. The van der Waals surface area contributed by atoms with Gasteiger partial charge in [-0.3, -0.25) is 14.3 Å². The average Bonchev–Trinajstić information content (AvgIpc) is 3.04. The maximum Gasteiger partial charge on any atom is 0.269 e. The van der Waals surface area contributed by atoms with E-state index in [9.17, 15) is 9.59 Å². The first-order chi connectivity index (χ1) is 13.0. The van der Waals surface area contributed by atoms with E-state index in [1.807, 2.05) is 31.2 Å². The van der Waals surface area contributed by atoms with Crippen LogP contribution in [-0.4, -0.2) is 66.3 Å². The van der Waals surface area contributed by atoms with E-state index in [0.29, 0.717) is 18.8 Å². The minimum atomic E-state index is -0.292. The van der Waals surface area contributed by atoms with Gasteiger partial charge in [0.2, 0.25) is 5.91 Å². The van der Waals surface area contributed by atoms with Gasteiger partial charge in [0.1, 0.15) is 11.4 Å². The number of rotatable bonds is 5. The van der Waals surface area contributed by atoms with Crippen molar-refractivity contribution in [2.24, 2.45) is 7.05 Å². The molecule has 2 heterocycles. The summed E-state index contributed by atoms with van der Waals surface area (Å²) in [5.74, 6) is 0.456. The molecular weight excluding hydrogens is 346 g/mol. The summed E-state index contributed by atoms with van der Waals surface area (Å²) in [6.45, 7) is 4.47. The van der Waals surface area contributed by atoms with E-state index in [0.717, 1.165) is 30.2 Å². The second-order valence-corrected chi connectivity index (χ2v) is 6.52. The molecule has 0 aliphatic carbocycles. The third-order valence-electron chi connectivity index (χ3n) is 4.69. The summed E-state index contributed by atoms with van der Waals surface area (Å²) in [6.07, 6.45) is 0. The summed E-state index contributed by atoms with van der Waals surface area (Å²) in [6, 6.07) is 9.57. The summed E-state index contributed by atoms with van der Waals surface area (Å²) in [7, 11) is 3.37. The fourth-order valence-corrected chi connectivity index (χ4v) is 3.27. The van der Waals surface area contributed by atoms with E-state index >= 15 is 0 Å². The number of para-hydroxylation sites is 2. The quantitative estimate of drug-likeness (QED) is 0.842. The fourth-order valence-electron chi connectivity index (χ4n) is 3.27. The van der Waals surface area contributed by atoms with Gasteiger partial charge in [0.25, 0.3) is 5.91 Å². The Morgan fingerprint density at radius 2 is 1.89 bits per heavy atom. The van der Waals surface area contributed by atoms with Gasteiger partial charge in [-0.2, -0.15) is 5.10 Å². The molecule has 1 aromatic heterocycles. The molecule has 3 rings (SSSR count). The molecule has 0 bridgehead atoms. The Labute approximate surface area is 158 Å². The minimum Gasteiger partial charge on any atom is -0.495 e. The fraction of sp³-hybridized carbons (Fsp3) is 0.421. The molecule has 0 saturated carbocycles. The number of amides is 2. The van der Waals surface area contributed by atoms with E-state index in [1.54, 1.807) is 25.1 Å². The SMILES string of the molecule is COc1ccccc1N1CCN(C(=O)CNC(=O)c2cc(C)nn2C)CC1. The third-order valence-corrected chi connectivity index (χ3v) is 4.69. The standard InChI is InChI=1S/C19H25N5O3/c1-14-12-16(22(2)21-14)19(26)20-13-18(25)24-10-8-23(9-11-24)15-6-4-5-7-17(15)27-3/h4-7,12H,8-11,13H2,1-3H3,(H,20,26). The third kappa shape index (κ3) is 4.21. The number of piperazine rings is 1. The normalized spacial score (nSPS) is 14.2. The molecule has 1 aliphatic rings. The van der Waals surface area contributed by atoms with E-state index in [-0.39, 0.29) is 18.4 Å². The predicted molar refractivity (Wildman–Crippen MR) is 102 cm³/mol. The molecule has 2 aromatic rings. The van der Waals surface area contributed by atoms with E-state index in [1.165, 1.54) is 4.68 Å². The van der Waals surface area contributed by atoms with E-state index in [2.05, 4.69) is 15.3 Å². The summed E-state index contributed by atoms with van der Waals surface area (Å²) in [5.41, 5.74) is 2.25. The van der Waals surface area contributed by atoms with Crippen LogP contribution in [0.5, 0.6) is 5.75 Å². The van der Waals surface area contributed by atoms with Crippen molar-refractivity contribution < 1.29 is 14.3 Å². The summed E-state index contributed by atoms with van der Waals surface area (Å²) < 4.78 is 6.93. The van der Waals surface area contributed by atoms with Gasteiger partial charge in [0.05, 0.1) is 25.0 Å². The van der Waals surface area contributed by atoms with Crippen molar-refractivity contribution in [1.82, 2.24) is 20.0 Å². The molecule has 1 N–H and O–H groups in total. The minimum absolute atomic E-state index is 0.0162. The molecule has 1 aromatic carbocycles. The zero-order valence-corrected chi connectivity index (χ0v) is 15.9. The van der Waals surface area contributed by atoms with Crippen LogP contribution in [0.1, 0.15) is 16.2 Å². The first-order valence-electron chi connectivity index (χ1n) is 8.94. The predicted octanol–water partition coefficient (Wildman–Crippen LogP) is 0.816. The number of aromatic nitrogens is 2. The number of nitrogens with one attached hydrogen (secondary N) is 1. The Kier molecular flexibility index (Phi) is 5.63. The Morgan fingerprint density at radius 3 is 2.52 bits per heavy atom. The number of nitrogens with zero attached hydrogens (tertiary/aromatic N) is 4. The van der Waals surface area contributed by atoms with Crippen LogP contribution in [0.25, 0.3) is 0 Å².